The van der Waals surface area contributed by atoms with Crippen LogP contribution in [0.4, 0.5) is 0 Å². The number of rotatable bonds is 6. The summed E-state index contributed by atoms with van der Waals surface area (Å²) in [6.45, 7) is 15.7. The van der Waals surface area contributed by atoms with Gasteiger partial charge in [0.05, 0.1) is 0 Å². The molecule has 113 heavy (non-hydrogen) atoms. The maximum Gasteiger partial charge on any atom is 0.212 e. The van der Waals surface area contributed by atoms with Crippen LogP contribution >= 0.6 is 0 Å². The molecule has 0 radical (unpaired) electrons. The van der Waals surface area contributed by atoms with Gasteiger partial charge in [-0.05, 0) is 255 Å². The molecule has 3 aromatic heterocycles. The molecule has 0 amide bonds. The molecule has 0 spiro atoms. The predicted molar refractivity (Wildman–Crippen MR) is 474 cm³/mol. The summed E-state index contributed by atoms with van der Waals surface area (Å²) in [7, 11) is 6.48. The lowest BCUT2D eigenvalue weighted by atomic mass is 9.79. The van der Waals surface area contributed by atoms with E-state index in [0.29, 0.717) is 5.92 Å². The highest BCUT2D eigenvalue weighted by Gasteiger charge is 2.30. The molecule has 0 unspecified atom stereocenters. The molecular formula is C110H90N3+3. The number of fused-ring (bicyclic) bond motifs is 24. The van der Waals surface area contributed by atoms with Crippen LogP contribution in [0.1, 0.15) is 53.1 Å². The first kappa shape index (κ1) is 71.2. The summed E-state index contributed by atoms with van der Waals surface area (Å²) in [5, 5.41) is 0. The summed E-state index contributed by atoms with van der Waals surface area (Å²) in [6, 6.07) is 125. The smallest absolute Gasteiger partial charge is 0.201 e. The zero-order valence-electron chi connectivity index (χ0n) is 66.0. The molecule has 3 aliphatic carbocycles. The second-order valence-corrected chi connectivity index (χ2v) is 31.1. The summed E-state index contributed by atoms with van der Waals surface area (Å²) in [6.07, 6.45) is 6.79. The Bertz CT molecular complexity index is 6610. The van der Waals surface area contributed by atoms with Crippen molar-refractivity contribution in [3.63, 3.8) is 0 Å². The van der Waals surface area contributed by atoms with Crippen molar-refractivity contribution >= 4 is 0 Å². The first-order chi connectivity index (χ1) is 55.2. The van der Waals surface area contributed by atoms with Gasteiger partial charge in [-0.15, -0.1) is 0 Å². The van der Waals surface area contributed by atoms with E-state index in [4.69, 9.17) is 0 Å². The molecule has 0 N–H and O–H groups in total. The molecule has 3 heteroatoms. The SMILES string of the molecule is Cc1cc(-c2cc3c(cc2C)-c2ccccc2-c2ccccc2-c2ccccc2-3)[n+](C)cc1-c1ccccc1.Cc1cc2c(cc1-c1cc(C(C)C)c(C)c[n+]1C)-c1ccccc1-c1ccccc1-c1ccccc1-2.Cc1cc2c(cc1-c1ccc(-c3ccccc3)c[n+]1C)-c1ccccc1-c1ccccc1-c1ccccc1-2. The van der Waals surface area contributed by atoms with Crippen LogP contribution in [0.5, 0.6) is 0 Å². The molecule has 14 aromatic carbocycles. The van der Waals surface area contributed by atoms with E-state index in [0.717, 1.165) is 0 Å². The fraction of sp³-hybridized carbons (Fsp3) is 0.100. The second kappa shape index (κ2) is 29.7. The van der Waals surface area contributed by atoms with E-state index in [1.807, 2.05) is 0 Å². The van der Waals surface area contributed by atoms with Crippen LogP contribution < -0.4 is 13.7 Å². The van der Waals surface area contributed by atoms with Crippen molar-refractivity contribution in [1.29, 1.82) is 0 Å². The number of aryl methyl sites for hydroxylation is 8. The number of hydrogen-bond donors (Lipinski definition) is 0. The van der Waals surface area contributed by atoms with Gasteiger partial charge < -0.3 is 0 Å². The largest absolute Gasteiger partial charge is 0.212 e. The number of nitrogens with zero attached hydrogens (tertiary/aromatic N) is 3. The Morgan fingerprint density at radius 2 is 0.407 bits per heavy atom. The Labute approximate surface area is 666 Å². The zero-order valence-corrected chi connectivity index (χ0v) is 66.0. The van der Waals surface area contributed by atoms with Crippen LogP contribution in [0.25, 0.3) is 190 Å². The van der Waals surface area contributed by atoms with Gasteiger partial charge in [-0.25, -0.2) is 13.7 Å². The van der Waals surface area contributed by atoms with Crippen molar-refractivity contribution in [2.45, 2.75) is 54.4 Å². The van der Waals surface area contributed by atoms with E-state index in [1.165, 1.54) is 223 Å². The predicted octanol–water partition coefficient (Wildman–Crippen LogP) is 27.5. The maximum atomic E-state index is 2.43. The Morgan fingerprint density at radius 3 is 0.708 bits per heavy atom. The van der Waals surface area contributed by atoms with Gasteiger partial charge in [0.15, 0.2) is 18.6 Å². The highest BCUT2D eigenvalue weighted by Crippen LogP contribution is 2.53. The average molecular weight is 1450 g/mol. The van der Waals surface area contributed by atoms with Crippen molar-refractivity contribution < 1.29 is 13.7 Å². The van der Waals surface area contributed by atoms with Gasteiger partial charge in [0.25, 0.3) is 0 Å². The number of hydrogen-bond acceptors (Lipinski definition) is 0. The van der Waals surface area contributed by atoms with E-state index < -0.39 is 0 Å². The van der Waals surface area contributed by atoms with Crippen LogP contribution in [0.2, 0.25) is 0 Å². The molecule has 20 rings (SSSR count). The highest BCUT2D eigenvalue weighted by atomic mass is 14.9. The van der Waals surface area contributed by atoms with E-state index >= 15 is 0 Å². The minimum atomic E-state index is 0.485. The molecule has 0 fully saturated rings. The Morgan fingerprint density at radius 1 is 0.168 bits per heavy atom. The van der Waals surface area contributed by atoms with Crippen LogP contribution in [0, 0.1) is 34.6 Å². The summed E-state index contributed by atoms with van der Waals surface area (Å²) in [4.78, 5) is 0. The van der Waals surface area contributed by atoms with Crippen LogP contribution in [0.3, 0.4) is 0 Å². The lowest BCUT2D eigenvalue weighted by Gasteiger charge is -2.24. The molecule has 0 saturated carbocycles. The zero-order chi connectivity index (χ0) is 77.1. The highest BCUT2D eigenvalue weighted by molar-refractivity contribution is 6.07. The van der Waals surface area contributed by atoms with Crippen LogP contribution in [0.15, 0.2) is 358 Å². The fourth-order valence-corrected chi connectivity index (χ4v) is 18.2. The Hall–Kier alpha value is -13.5. The van der Waals surface area contributed by atoms with Gasteiger partial charge >= 0.3 is 0 Å². The number of aromatic nitrogens is 3. The molecule has 542 valence electrons. The third-order valence-electron chi connectivity index (χ3n) is 23.7. The number of benzene rings is 14. The summed E-state index contributed by atoms with van der Waals surface area (Å²) >= 11 is 0. The van der Waals surface area contributed by atoms with Gasteiger partial charge in [-0.1, -0.05) is 293 Å². The van der Waals surface area contributed by atoms with Gasteiger partial charge in [0.1, 0.15) is 21.1 Å². The summed E-state index contributed by atoms with van der Waals surface area (Å²) in [5.41, 5.74) is 51.1. The van der Waals surface area contributed by atoms with Gasteiger partial charge in [-0.2, -0.15) is 0 Å². The molecular weight excluding hydrogens is 1360 g/mol. The van der Waals surface area contributed by atoms with E-state index in [9.17, 15) is 0 Å². The minimum absolute atomic E-state index is 0.485. The molecule has 0 saturated heterocycles. The molecule has 3 heterocycles. The minimum Gasteiger partial charge on any atom is -0.201 e. The third kappa shape index (κ3) is 12.9. The van der Waals surface area contributed by atoms with Crippen molar-refractivity contribution in [2.75, 3.05) is 0 Å². The maximum absolute atomic E-state index is 2.43. The lowest BCUT2D eigenvalue weighted by molar-refractivity contribution is -0.660. The fourth-order valence-electron chi connectivity index (χ4n) is 18.2. The van der Waals surface area contributed by atoms with E-state index in [1.54, 1.807) is 0 Å². The second-order valence-electron chi connectivity index (χ2n) is 31.1. The monoisotopic (exact) mass is 1450 g/mol. The van der Waals surface area contributed by atoms with Crippen LogP contribution in [-0.2, 0) is 21.1 Å². The lowest BCUT2D eigenvalue weighted by Crippen LogP contribution is -2.32. The van der Waals surface area contributed by atoms with Crippen molar-refractivity contribution in [3.8, 4) is 190 Å². The number of pyridine rings is 3. The van der Waals surface area contributed by atoms with Crippen LogP contribution in [-0.4, -0.2) is 0 Å². The molecule has 3 aliphatic rings. The molecule has 17 aromatic rings. The molecule has 0 aliphatic heterocycles. The summed E-state index contributed by atoms with van der Waals surface area (Å²) < 4.78 is 6.82. The first-order valence-electron chi connectivity index (χ1n) is 39.6. The van der Waals surface area contributed by atoms with E-state index in [2.05, 4.69) is 442 Å². The Balaban J connectivity index is 0.000000118. The average Bonchev–Trinajstić information content (AvgIpc) is 0.747. The molecule has 3 nitrogen and oxygen atoms in total. The van der Waals surface area contributed by atoms with Gasteiger partial charge in [0, 0.05) is 51.6 Å². The van der Waals surface area contributed by atoms with Gasteiger partial charge in [0.2, 0.25) is 17.1 Å². The van der Waals surface area contributed by atoms with Crippen molar-refractivity contribution in [3.05, 3.63) is 392 Å². The van der Waals surface area contributed by atoms with Crippen molar-refractivity contribution in [1.82, 2.24) is 0 Å². The molecule has 0 bridgehead atoms. The Kier molecular flexibility index (Phi) is 18.7. The topological polar surface area (TPSA) is 11.6 Å². The third-order valence-corrected chi connectivity index (χ3v) is 23.7. The first-order valence-corrected chi connectivity index (χ1v) is 39.6. The van der Waals surface area contributed by atoms with Crippen molar-refractivity contribution in [2.24, 2.45) is 21.1 Å². The molecule has 0 atom stereocenters. The normalized spacial score (nSPS) is 11.5. The quantitative estimate of drug-likeness (QED) is 0.147. The standard InChI is InChI=1S/C38H30N.C37H28N.C35H32N/c1-25-21-35-32-19-11-9-17-30(32)28-15-7-8-16-29(28)31-18-10-12-20-33(31)36(35)23-34(25)38-22-26(2)37(24-39(38)3)27-13-5-4-6-14-27;1-25-22-35-32-18-10-8-16-30(32)28-14-6-7-15-29(28)31-17-9-11-19-33(31)36(35)23-34(25)37-21-20-27(24-38(37)2)26-12-4-3-5-13-26;1-22(2)31-20-35(36(5)21-24(31)4)32-19-34-30-17-11-9-15-28(30)26-13-7-6-12-25(26)27-14-8-10-16-29(27)33(34)18-23(32)3/h4-24H,1-3H3;3-24H,1-2H3;6-22H,1-5H3/q3*+1. The van der Waals surface area contributed by atoms with E-state index in [-0.39, 0.29) is 0 Å². The summed E-state index contributed by atoms with van der Waals surface area (Å²) in [5.74, 6) is 0.485. The van der Waals surface area contributed by atoms with Gasteiger partial charge in [-0.3, -0.25) is 0 Å².